The van der Waals surface area contributed by atoms with Gasteiger partial charge in [-0.1, -0.05) is 0 Å². The van der Waals surface area contributed by atoms with Crippen LogP contribution in [-0.4, -0.2) is 11.7 Å². The molecule has 0 amide bonds. The molecule has 1 aromatic heterocycles. The topological polar surface area (TPSA) is 37.9 Å². The van der Waals surface area contributed by atoms with Gasteiger partial charge in [0.2, 0.25) is 0 Å². The van der Waals surface area contributed by atoms with Crippen LogP contribution in [0.15, 0.2) is 18.2 Å². The summed E-state index contributed by atoms with van der Waals surface area (Å²) in [6.45, 7) is 1.75. The summed E-state index contributed by atoms with van der Waals surface area (Å²) in [4.78, 5) is 0. The minimum absolute atomic E-state index is 0.102. The number of hydrogen-bond donors (Lipinski definition) is 0. The van der Waals surface area contributed by atoms with Gasteiger partial charge in [-0.2, -0.15) is 5.26 Å². The van der Waals surface area contributed by atoms with Gasteiger partial charge in [-0.15, -0.1) is 0 Å². The first-order valence-corrected chi connectivity index (χ1v) is 5.59. The first-order valence-electron chi connectivity index (χ1n) is 5.59. The van der Waals surface area contributed by atoms with Gasteiger partial charge in [-0.25, -0.2) is 8.78 Å². The van der Waals surface area contributed by atoms with E-state index in [1.54, 1.807) is 24.6 Å². The number of methoxy groups -OCH3 is 1. The highest BCUT2D eigenvalue weighted by Gasteiger charge is 2.17. The van der Waals surface area contributed by atoms with E-state index in [1.807, 2.05) is 6.07 Å². The molecule has 3 nitrogen and oxygen atoms in total. The first-order chi connectivity index (χ1) is 8.99. The Balaban J connectivity index is 2.67. The maximum absolute atomic E-state index is 14.0. The Morgan fingerprint density at radius 2 is 1.89 bits per heavy atom. The number of nitriles is 1. The number of aromatic nitrogens is 1. The molecule has 0 atom stereocenters. The minimum Gasteiger partial charge on any atom is -0.494 e. The minimum atomic E-state index is -0.642. The van der Waals surface area contributed by atoms with Crippen molar-refractivity contribution in [3.05, 3.63) is 41.1 Å². The van der Waals surface area contributed by atoms with Crippen LogP contribution in [0.5, 0.6) is 5.75 Å². The van der Waals surface area contributed by atoms with Crippen LogP contribution in [0, 0.1) is 29.9 Å². The zero-order valence-corrected chi connectivity index (χ0v) is 10.8. The molecule has 98 valence electrons. The van der Waals surface area contributed by atoms with Crippen LogP contribution in [0.4, 0.5) is 8.78 Å². The number of ether oxygens (including phenoxy) is 1. The van der Waals surface area contributed by atoms with E-state index in [-0.39, 0.29) is 11.3 Å². The molecule has 0 saturated carbocycles. The van der Waals surface area contributed by atoms with Crippen LogP contribution in [-0.2, 0) is 7.05 Å². The Hall–Kier alpha value is -2.35. The smallest absolute Gasteiger partial charge is 0.165 e. The van der Waals surface area contributed by atoms with E-state index in [9.17, 15) is 8.78 Å². The first kappa shape index (κ1) is 13.1. The van der Waals surface area contributed by atoms with Crippen LogP contribution < -0.4 is 4.74 Å². The third-order valence-corrected chi connectivity index (χ3v) is 3.17. The van der Waals surface area contributed by atoms with Gasteiger partial charge < -0.3 is 9.30 Å². The molecule has 0 fully saturated rings. The summed E-state index contributed by atoms with van der Waals surface area (Å²) >= 11 is 0. The Bertz CT molecular complexity index is 684. The van der Waals surface area contributed by atoms with Crippen molar-refractivity contribution in [2.45, 2.75) is 6.92 Å². The van der Waals surface area contributed by atoms with E-state index >= 15 is 0 Å². The predicted octanol–water partition coefficient (Wildman–Crippen LogP) is 3.16. The van der Waals surface area contributed by atoms with Gasteiger partial charge in [0.1, 0.15) is 11.9 Å². The quantitative estimate of drug-likeness (QED) is 0.833. The lowest BCUT2D eigenvalue weighted by Gasteiger charge is -2.09. The normalized spacial score (nSPS) is 10.3. The molecule has 0 aliphatic carbocycles. The molecular formula is C14H12F2N2O. The van der Waals surface area contributed by atoms with Gasteiger partial charge >= 0.3 is 0 Å². The van der Waals surface area contributed by atoms with E-state index in [0.717, 1.165) is 12.1 Å². The summed E-state index contributed by atoms with van der Waals surface area (Å²) in [5.74, 6) is -1.38. The van der Waals surface area contributed by atoms with Crippen LogP contribution >= 0.6 is 0 Å². The van der Waals surface area contributed by atoms with Gasteiger partial charge in [0.05, 0.1) is 18.4 Å². The molecule has 0 N–H and O–H groups in total. The Morgan fingerprint density at radius 3 is 2.42 bits per heavy atom. The maximum Gasteiger partial charge on any atom is 0.165 e. The fraction of sp³-hybridized carbons (Fsp3) is 0.214. The van der Waals surface area contributed by atoms with Crippen molar-refractivity contribution in [2.24, 2.45) is 7.05 Å². The fourth-order valence-corrected chi connectivity index (χ4v) is 1.95. The SMILES string of the molecule is COc1cc(F)c(-c2cc(C#N)c(C)n2C)cc1F. The van der Waals surface area contributed by atoms with Crippen LogP contribution in [0.3, 0.4) is 0 Å². The van der Waals surface area contributed by atoms with E-state index < -0.39 is 11.6 Å². The van der Waals surface area contributed by atoms with Gasteiger partial charge in [-0.05, 0) is 19.1 Å². The average molecular weight is 262 g/mol. The van der Waals surface area contributed by atoms with Crippen molar-refractivity contribution in [1.82, 2.24) is 4.57 Å². The van der Waals surface area contributed by atoms with Crippen molar-refractivity contribution < 1.29 is 13.5 Å². The van der Waals surface area contributed by atoms with Crippen molar-refractivity contribution in [3.8, 4) is 23.1 Å². The molecule has 0 spiro atoms. The molecule has 0 aliphatic rings. The maximum atomic E-state index is 14.0. The van der Waals surface area contributed by atoms with Crippen LogP contribution in [0.1, 0.15) is 11.3 Å². The second-order valence-corrected chi connectivity index (χ2v) is 4.17. The van der Waals surface area contributed by atoms with Crippen molar-refractivity contribution in [3.63, 3.8) is 0 Å². The second kappa shape index (κ2) is 4.73. The van der Waals surface area contributed by atoms with E-state index in [1.165, 1.54) is 7.11 Å². The molecule has 1 aromatic carbocycles. The largest absolute Gasteiger partial charge is 0.494 e. The number of hydrogen-bond acceptors (Lipinski definition) is 2. The fourth-order valence-electron chi connectivity index (χ4n) is 1.95. The molecular weight excluding hydrogens is 250 g/mol. The van der Waals surface area contributed by atoms with E-state index in [4.69, 9.17) is 10.00 Å². The molecule has 2 rings (SSSR count). The highest BCUT2D eigenvalue weighted by molar-refractivity contribution is 5.65. The Kier molecular flexibility index (Phi) is 3.26. The lowest BCUT2D eigenvalue weighted by Crippen LogP contribution is -1.98. The van der Waals surface area contributed by atoms with Crippen molar-refractivity contribution >= 4 is 0 Å². The molecule has 1 heterocycles. The number of benzene rings is 1. The molecule has 19 heavy (non-hydrogen) atoms. The third-order valence-electron chi connectivity index (χ3n) is 3.17. The van der Waals surface area contributed by atoms with E-state index in [0.29, 0.717) is 17.0 Å². The summed E-state index contributed by atoms with van der Waals surface area (Å²) in [7, 11) is 2.98. The molecule has 5 heteroatoms. The average Bonchev–Trinajstić information content (AvgIpc) is 2.68. The highest BCUT2D eigenvalue weighted by Crippen LogP contribution is 2.31. The van der Waals surface area contributed by atoms with Gasteiger partial charge in [0.15, 0.2) is 11.6 Å². The summed E-state index contributed by atoms with van der Waals surface area (Å²) < 4.78 is 34.0. The highest BCUT2D eigenvalue weighted by atomic mass is 19.1. The zero-order valence-electron chi connectivity index (χ0n) is 10.8. The van der Waals surface area contributed by atoms with Crippen molar-refractivity contribution in [1.29, 1.82) is 5.26 Å². The lowest BCUT2D eigenvalue weighted by atomic mass is 10.1. The van der Waals surface area contributed by atoms with Gasteiger partial charge in [-0.3, -0.25) is 0 Å². The Labute approximate surface area is 109 Å². The molecule has 0 unspecified atom stereocenters. The molecule has 0 saturated heterocycles. The van der Waals surface area contributed by atoms with Crippen LogP contribution in [0.25, 0.3) is 11.3 Å². The molecule has 0 aliphatic heterocycles. The Morgan fingerprint density at radius 1 is 1.21 bits per heavy atom. The summed E-state index contributed by atoms with van der Waals surface area (Å²) in [5.41, 5.74) is 1.69. The van der Waals surface area contributed by atoms with Gasteiger partial charge in [0, 0.05) is 24.4 Å². The summed E-state index contributed by atoms with van der Waals surface area (Å²) in [5, 5.41) is 8.96. The summed E-state index contributed by atoms with van der Waals surface area (Å²) in [6.07, 6.45) is 0. The number of rotatable bonds is 2. The predicted molar refractivity (Wildman–Crippen MR) is 66.8 cm³/mol. The molecule has 0 bridgehead atoms. The monoisotopic (exact) mass is 262 g/mol. The third kappa shape index (κ3) is 2.06. The number of nitrogens with zero attached hydrogens (tertiary/aromatic N) is 2. The molecule has 2 aromatic rings. The summed E-state index contributed by atoms with van der Waals surface area (Å²) in [6, 6.07) is 5.64. The zero-order chi connectivity index (χ0) is 14.2. The van der Waals surface area contributed by atoms with E-state index in [2.05, 4.69) is 0 Å². The van der Waals surface area contributed by atoms with Crippen molar-refractivity contribution in [2.75, 3.05) is 7.11 Å². The standard InChI is InChI=1S/C14H12F2N2O/c1-8-9(7-17)4-13(18(8)2)10-5-12(16)14(19-3)6-11(10)15/h4-6H,1-3H3. The lowest BCUT2D eigenvalue weighted by molar-refractivity contribution is 0.383. The molecule has 0 radical (unpaired) electrons. The second-order valence-electron chi connectivity index (χ2n) is 4.17. The van der Waals surface area contributed by atoms with Gasteiger partial charge in [0.25, 0.3) is 0 Å². The number of halogens is 2. The van der Waals surface area contributed by atoms with Crippen LogP contribution in [0.2, 0.25) is 0 Å².